The number of hydrogen-bond acceptors (Lipinski definition) is 6. The van der Waals surface area contributed by atoms with Crippen molar-refractivity contribution in [2.45, 2.75) is 49.7 Å². The Labute approximate surface area is 266 Å². The molecule has 4 aliphatic heterocycles. The zero-order chi connectivity index (χ0) is 30.6. The number of nitrogen functional groups attached to an aromatic ring is 2. The molecule has 6 nitrogen and oxygen atoms in total. The SMILES string of the molecule is Nc1ccc2c3c4c5c(cccc5c(C5C([O-])C(c6c7cccc8c7c7c9c(ccc(N)c69)CCN7CC8)C5[O-])c13)CCN4CC2. The molecular formula is C40H34N4O2-2. The lowest BCUT2D eigenvalue weighted by Gasteiger charge is -2.62. The standard InChI is InChI=1S/C40H34N4O2/c41-25-9-7-21-13-17-43-15-11-19-3-1-5-23-27(19)37(43)29(21)33(25)31(23)35-39(45)36(40(35)46)32-24-6-2-4-20-12-16-44-18-14-22-8-10-26(42)34(32)30(22)38(44)28(20)24/h1-10,35-36,39-40H,11-18,41-42H2/q-2. The van der Waals surface area contributed by atoms with E-state index >= 15 is 0 Å². The maximum atomic E-state index is 15.0. The number of hydrogen-bond donors (Lipinski definition) is 2. The second-order valence-corrected chi connectivity index (χ2v) is 14.3. The average molecular weight is 603 g/mol. The molecule has 228 valence electrons. The molecule has 1 fully saturated rings. The monoisotopic (exact) mass is 602 g/mol. The summed E-state index contributed by atoms with van der Waals surface area (Å²) in [5.74, 6) is -1.39. The molecule has 4 heterocycles. The Morgan fingerprint density at radius 3 is 1.28 bits per heavy atom. The fourth-order valence-corrected chi connectivity index (χ4v) is 10.4. The van der Waals surface area contributed by atoms with Crippen LogP contribution in [0, 0.1) is 0 Å². The lowest BCUT2D eigenvalue weighted by molar-refractivity contribution is -0.535. The average Bonchev–Trinajstić information content (AvgIpc) is 3.08. The topological polar surface area (TPSA) is 105 Å². The van der Waals surface area contributed by atoms with Crippen molar-refractivity contribution in [3.8, 4) is 0 Å². The van der Waals surface area contributed by atoms with Crippen LogP contribution in [0.15, 0.2) is 60.7 Å². The van der Waals surface area contributed by atoms with E-state index in [0.29, 0.717) is 11.4 Å². The van der Waals surface area contributed by atoms with E-state index in [4.69, 9.17) is 11.5 Å². The van der Waals surface area contributed by atoms with Crippen LogP contribution < -0.4 is 31.5 Å². The first-order valence-electron chi connectivity index (χ1n) is 16.9. The third-order valence-electron chi connectivity index (χ3n) is 12.3. The van der Waals surface area contributed by atoms with Gasteiger partial charge in [0.2, 0.25) is 0 Å². The number of nitrogens with zero attached hydrogens (tertiary/aromatic N) is 2. The van der Waals surface area contributed by atoms with Gasteiger partial charge in [-0.1, -0.05) is 48.5 Å². The largest absolute Gasteiger partial charge is 0.851 e. The normalized spacial score (nSPS) is 24.1. The van der Waals surface area contributed by atoms with Gasteiger partial charge in [0.25, 0.3) is 0 Å². The first kappa shape index (κ1) is 25.6. The zero-order valence-electron chi connectivity index (χ0n) is 25.6. The first-order valence-corrected chi connectivity index (χ1v) is 16.9. The molecule has 6 heteroatoms. The highest BCUT2D eigenvalue weighted by atomic mass is 16.3. The van der Waals surface area contributed by atoms with Crippen LogP contribution >= 0.6 is 0 Å². The van der Waals surface area contributed by atoms with E-state index in [2.05, 4.69) is 58.3 Å². The van der Waals surface area contributed by atoms with Crippen LogP contribution in [0.1, 0.15) is 45.2 Å². The Balaban J connectivity index is 1.19. The minimum atomic E-state index is -1.11. The molecule has 0 bridgehead atoms. The predicted octanol–water partition coefficient (Wildman–Crippen LogP) is 4.64. The van der Waals surface area contributed by atoms with Gasteiger partial charge in [-0.2, -0.15) is 0 Å². The van der Waals surface area contributed by atoms with Gasteiger partial charge in [0.1, 0.15) is 0 Å². The maximum absolute atomic E-state index is 15.0. The summed E-state index contributed by atoms with van der Waals surface area (Å²) in [7, 11) is 0. The van der Waals surface area contributed by atoms with Crippen molar-refractivity contribution in [1.82, 2.24) is 0 Å². The molecule has 0 spiro atoms. The van der Waals surface area contributed by atoms with Crippen molar-refractivity contribution in [2.75, 3.05) is 47.4 Å². The fraction of sp³-hybridized carbons (Fsp3) is 0.300. The quantitative estimate of drug-likeness (QED) is 0.221. The molecule has 0 amide bonds. The Hall–Kier alpha value is -4.52. The van der Waals surface area contributed by atoms with Gasteiger partial charge >= 0.3 is 0 Å². The highest BCUT2D eigenvalue weighted by molar-refractivity contribution is 6.22. The third kappa shape index (κ3) is 2.92. The van der Waals surface area contributed by atoms with Gasteiger partial charge in [0.05, 0.1) is 11.4 Å². The van der Waals surface area contributed by atoms with Crippen LogP contribution in [-0.2, 0) is 25.7 Å². The van der Waals surface area contributed by atoms with Crippen molar-refractivity contribution in [3.63, 3.8) is 0 Å². The van der Waals surface area contributed by atoms with Gasteiger partial charge in [-0.05, 0) is 93.8 Å². The van der Waals surface area contributed by atoms with Crippen molar-refractivity contribution >= 4 is 65.8 Å². The summed E-state index contributed by atoms with van der Waals surface area (Å²) in [6, 6.07) is 21.2. The number of rotatable bonds is 2. The summed E-state index contributed by atoms with van der Waals surface area (Å²) in [5, 5.41) is 38.7. The lowest BCUT2D eigenvalue weighted by Crippen LogP contribution is -2.63. The summed E-state index contributed by atoms with van der Waals surface area (Å²) < 4.78 is 0. The molecule has 1 saturated carbocycles. The summed E-state index contributed by atoms with van der Waals surface area (Å²) >= 11 is 0. The highest BCUT2D eigenvalue weighted by Gasteiger charge is 2.44. The summed E-state index contributed by atoms with van der Waals surface area (Å²) in [4.78, 5) is 4.99. The van der Waals surface area contributed by atoms with Crippen LogP contribution in [-0.4, -0.2) is 38.4 Å². The Morgan fingerprint density at radius 1 is 0.478 bits per heavy atom. The second kappa shape index (κ2) is 8.64. The minimum absolute atomic E-state index is 0.663. The van der Waals surface area contributed by atoms with E-state index in [1.54, 1.807) is 0 Å². The van der Waals surface area contributed by atoms with Gasteiger partial charge in [-0.25, -0.2) is 0 Å². The maximum Gasteiger partial charge on any atom is 0.0532 e. The Morgan fingerprint density at radius 2 is 0.870 bits per heavy atom. The molecule has 0 aromatic heterocycles. The van der Waals surface area contributed by atoms with Crippen LogP contribution in [0.3, 0.4) is 0 Å². The van der Waals surface area contributed by atoms with Crippen molar-refractivity contribution in [1.29, 1.82) is 0 Å². The molecule has 6 aromatic rings. The van der Waals surface area contributed by atoms with Crippen molar-refractivity contribution in [3.05, 3.63) is 94.0 Å². The van der Waals surface area contributed by atoms with Crippen molar-refractivity contribution in [2.24, 2.45) is 0 Å². The van der Waals surface area contributed by atoms with E-state index in [1.807, 2.05) is 12.1 Å². The molecule has 5 aliphatic rings. The molecule has 11 rings (SSSR count). The highest BCUT2D eigenvalue weighted by Crippen LogP contribution is 2.58. The van der Waals surface area contributed by atoms with Crippen LogP contribution in [0.4, 0.5) is 22.7 Å². The van der Waals surface area contributed by atoms with E-state index in [1.165, 1.54) is 44.4 Å². The van der Waals surface area contributed by atoms with E-state index in [9.17, 15) is 10.2 Å². The molecule has 4 N–H and O–H groups in total. The molecule has 6 aromatic carbocycles. The summed E-state index contributed by atoms with van der Waals surface area (Å²) in [6.07, 6.45) is 1.59. The summed E-state index contributed by atoms with van der Waals surface area (Å²) in [5.41, 5.74) is 24.4. The lowest BCUT2D eigenvalue weighted by atomic mass is 9.60. The van der Waals surface area contributed by atoms with Gasteiger partial charge in [0, 0.05) is 69.9 Å². The number of anilines is 4. The Bertz CT molecular complexity index is 2200. The zero-order valence-corrected chi connectivity index (χ0v) is 25.6. The summed E-state index contributed by atoms with van der Waals surface area (Å²) in [6.45, 7) is 3.92. The minimum Gasteiger partial charge on any atom is -0.851 e. The van der Waals surface area contributed by atoms with Crippen molar-refractivity contribution < 1.29 is 10.2 Å². The predicted molar refractivity (Wildman–Crippen MR) is 184 cm³/mol. The van der Waals surface area contributed by atoms with Gasteiger partial charge in [-0.15, -0.1) is 12.2 Å². The smallest absolute Gasteiger partial charge is 0.0532 e. The molecule has 0 atom stereocenters. The molecular weight excluding hydrogens is 568 g/mol. The second-order valence-electron chi connectivity index (χ2n) is 14.3. The molecule has 0 saturated heterocycles. The number of nitrogens with two attached hydrogens (primary N) is 2. The van der Waals surface area contributed by atoms with Gasteiger partial charge < -0.3 is 31.5 Å². The molecule has 1 aliphatic carbocycles. The molecule has 0 radical (unpaired) electrons. The van der Waals surface area contributed by atoms with Gasteiger partial charge in [-0.3, -0.25) is 0 Å². The van der Waals surface area contributed by atoms with E-state index < -0.39 is 24.0 Å². The fourth-order valence-electron chi connectivity index (χ4n) is 10.4. The first-order chi connectivity index (χ1) is 22.5. The van der Waals surface area contributed by atoms with Gasteiger partial charge in [0.15, 0.2) is 0 Å². The number of benzene rings is 6. The molecule has 0 unspecified atom stereocenters. The van der Waals surface area contributed by atoms with E-state index in [0.717, 1.165) is 95.3 Å². The van der Waals surface area contributed by atoms with Crippen LogP contribution in [0.25, 0.3) is 43.1 Å². The Kier molecular flexibility index (Phi) is 4.81. The van der Waals surface area contributed by atoms with Crippen LogP contribution in [0.2, 0.25) is 0 Å². The molecule has 46 heavy (non-hydrogen) atoms. The third-order valence-corrected chi connectivity index (χ3v) is 12.3. The van der Waals surface area contributed by atoms with E-state index in [-0.39, 0.29) is 0 Å². The van der Waals surface area contributed by atoms with Crippen LogP contribution in [0.5, 0.6) is 0 Å².